The van der Waals surface area contributed by atoms with Crippen LogP contribution in [0.5, 0.6) is 5.75 Å². The minimum Gasteiger partial charge on any atom is -0.495 e. The van der Waals surface area contributed by atoms with Crippen LogP contribution >= 0.6 is 0 Å². The molecule has 0 atom stereocenters. The number of piperazine rings is 1. The zero-order valence-corrected chi connectivity index (χ0v) is 26.1. The molecule has 2 fully saturated rings. The van der Waals surface area contributed by atoms with Crippen LogP contribution in [0.15, 0.2) is 70.6 Å². The number of hydrogen-bond donors (Lipinski definition) is 0. The Kier molecular flexibility index (Phi) is 8.17. The van der Waals surface area contributed by atoms with Gasteiger partial charge in [0.05, 0.1) is 12.8 Å². The van der Waals surface area contributed by atoms with Gasteiger partial charge in [-0.15, -0.1) is 0 Å². The van der Waals surface area contributed by atoms with Gasteiger partial charge in [-0.3, -0.25) is 14.6 Å². The molecule has 0 saturated carbocycles. The summed E-state index contributed by atoms with van der Waals surface area (Å²) in [5, 5.41) is 0. The van der Waals surface area contributed by atoms with Crippen LogP contribution in [0.4, 0.5) is 5.69 Å². The molecule has 230 valence electrons. The minimum absolute atomic E-state index is 0.0245. The lowest BCUT2D eigenvalue weighted by Crippen LogP contribution is -2.50. The van der Waals surface area contributed by atoms with Crippen molar-refractivity contribution in [2.24, 2.45) is 4.99 Å². The predicted octanol–water partition coefficient (Wildman–Crippen LogP) is 3.70. The maximum absolute atomic E-state index is 13.5. The number of aliphatic imine (C=N–C) groups is 1. The minimum atomic E-state index is -3.70. The number of nitrogens with zero attached hydrogens (tertiary/aromatic N) is 5. The third kappa shape index (κ3) is 5.57. The van der Waals surface area contributed by atoms with Crippen LogP contribution < -0.4 is 9.64 Å². The van der Waals surface area contributed by atoms with Crippen molar-refractivity contribution in [2.45, 2.75) is 24.7 Å². The molecule has 10 nitrogen and oxygen atoms in total. The normalized spacial score (nSPS) is 17.3. The fraction of sp³-hybridized carbons (Fsp3) is 0.364. The maximum atomic E-state index is 13.5. The van der Waals surface area contributed by atoms with Crippen LogP contribution in [0, 0.1) is 0 Å². The topological polar surface area (TPSA) is 103 Å². The quantitative estimate of drug-likeness (QED) is 0.419. The van der Waals surface area contributed by atoms with Crippen molar-refractivity contribution in [1.82, 2.24) is 14.1 Å². The summed E-state index contributed by atoms with van der Waals surface area (Å²) in [7, 11) is -0.234. The Labute approximate surface area is 258 Å². The summed E-state index contributed by atoms with van der Waals surface area (Å²) >= 11 is 0. The summed E-state index contributed by atoms with van der Waals surface area (Å²) in [6.07, 6.45) is 1.70. The zero-order valence-electron chi connectivity index (χ0n) is 25.3. The van der Waals surface area contributed by atoms with Crippen LogP contribution in [0.2, 0.25) is 0 Å². The first-order valence-corrected chi connectivity index (χ1v) is 16.3. The van der Waals surface area contributed by atoms with Crippen LogP contribution in [-0.4, -0.2) is 100 Å². The number of benzene rings is 3. The Morgan fingerprint density at radius 1 is 0.818 bits per heavy atom. The molecular weight excluding hydrogens is 578 g/mol. The van der Waals surface area contributed by atoms with Gasteiger partial charge in [-0.25, -0.2) is 8.42 Å². The van der Waals surface area contributed by atoms with Crippen LogP contribution in [0.25, 0.3) is 11.1 Å². The number of methoxy groups -OCH3 is 1. The third-order valence-electron chi connectivity index (χ3n) is 8.68. The molecule has 0 aromatic heterocycles. The molecule has 0 bridgehead atoms. The molecule has 0 unspecified atom stereocenters. The first-order valence-electron chi connectivity index (χ1n) is 14.9. The van der Waals surface area contributed by atoms with Crippen molar-refractivity contribution in [2.75, 3.05) is 65.0 Å². The van der Waals surface area contributed by atoms with Crippen molar-refractivity contribution >= 4 is 33.2 Å². The number of amides is 2. The van der Waals surface area contributed by atoms with E-state index < -0.39 is 10.0 Å². The highest BCUT2D eigenvalue weighted by atomic mass is 32.2. The molecule has 3 aromatic rings. The molecule has 11 heteroatoms. The van der Waals surface area contributed by atoms with Gasteiger partial charge in [-0.1, -0.05) is 24.3 Å². The Hall–Kier alpha value is -4.22. The largest absolute Gasteiger partial charge is 0.495 e. The van der Waals surface area contributed by atoms with E-state index in [-0.39, 0.29) is 16.7 Å². The van der Waals surface area contributed by atoms with Gasteiger partial charge in [0.2, 0.25) is 15.9 Å². The van der Waals surface area contributed by atoms with Gasteiger partial charge in [0.1, 0.15) is 17.3 Å². The van der Waals surface area contributed by atoms with Gasteiger partial charge < -0.3 is 19.4 Å². The van der Waals surface area contributed by atoms with E-state index in [0.717, 1.165) is 46.5 Å². The highest BCUT2D eigenvalue weighted by Crippen LogP contribution is 2.36. The number of fused-ring (bicyclic) bond motifs is 1. The highest BCUT2D eigenvalue weighted by molar-refractivity contribution is 7.89. The van der Waals surface area contributed by atoms with E-state index in [1.165, 1.54) is 11.4 Å². The van der Waals surface area contributed by atoms with Crippen molar-refractivity contribution in [1.29, 1.82) is 0 Å². The monoisotopic (exact) mass is 615 g/mol. The van der Waals surface area contributed by atoms with Gasteiger partial charge in [0.15, 0.2) is 0 Å². The van der Waals surface area contributed by atoms with E-state index in [1.54, 1.807) is 28.9 Å². The third-order valence-corrected chi connectivity index (χ3v) is 10.6. The molecule has 2 amide bonds. The molecule has 2 saturated heterocycles. The molecule has 3 aliphatic rings. The van der Waals surface area contributed by atoms with E-state index in [0.29, 0.717) is 57.3 Å². The van der Waals surface area contributed by atoms with Crippen molar-refractivity contribution in [3.8, 4) is 16.9 Å². The van der Waals surface area contributed by atoms with Crippen LogP contribution in [-0.2, 0) is 14.8 Å². The first kappa shape index (κ1) is 29.8. The van der Waals surface area contributed by atoms with Gasteiger partial charge in [0, 0.05) is 75.6 Å². The molecule has 44 heavy (non-hydrogen) atoms. The molecule has 6 rings (SSSR count). The van der Waals surface area contributed by atoms with E-state index in [4.69, 9.17) is 9.73 Å². The average Bonchev–Trinajstić information content (AvgIpc) is 3.61. The average molecular weight is 616 g/mol. The Balaban J connectivity index is 1.33. The number of carbonyl (C=O) groups is 2. The van der Waals surface area contributed by atoms with Crippen molar-refractivity contribution in [3.05, 3.63) is 77.4 Å². The zero-order chi connectivity index (χ0) is 31.0. The molecule has 3 aliphatic heterocycles. The fourth-order valence-electron chi connectivity index (χ4n) is 6.16. The van der Waals surface area contributed by atoms with Gasteiger partial charge in [-0.05, 0) is 60.4 Å². The van der Waals surface area contributed by atoms with Gasteiger partial charge in [0.25, 0.3) is 5.91 Å². The number of rotatable bonds is 6. The lowest BCUT2D eigenvalue weighted by Gasteiger charge is -2.34. The second kappa shape index (κ2) is 12.0. The summed E-state index contributed by atoms with van der Waals surface area (Å²) in [6.45, 7) is 5.10. The standard InChI is InChI=1S/C33H37N5O5S/c1-23(39)36-15-17-37(18-16-36)33(40)27-8-6-7-26(19-27)32-28-20-24(9-11-29(28)35(2)22-34-32)25-10-12-30(43-3)31(21-25)44(41,42)38-13-4-5-14-38/h6-12,19-21H,4-5,13-18,22H2,1-3H3. The van der Waals surface area contributed by atoms with E-state index in [9.17, 15) is 18.0 Å². The molecule has 0 aliphatic carbocycles. The molecule has 3 aromatic carbocycles. The number of ether oxygens (including phenoxy) is 1. The highest BCUT2D eigenvalue weighted by Gasteiger charge is 2.31. The lowest BCUT2D eigenvalue weighted by atomic mass is 9.93. The molecule has 0 spiro atoms. The van der Waals surface area contributed by atoms with Crippen LogP contribution in [0.3, 0.4) is 0 Å². The number of sulfonamides is 1. The lowest BCUT2D eigenvalue weighted by molar-refractivity contribution is -0.130. The van der Waals surface area contributed by atoms with E-state index >= 15 is 0 Å². The summed E-state index contributed by atoms with van der Waals surface area (Å²) in [5.74, 6) is 0.281. The Bertz CT molecular complexity index is 1740. The number of hydrogen-bond acceptors (Lipinski definition) is 7. The number of anilines is 1. The summed E-state index contributed by atoms with van der Waals surface area (Å²) in [4.78, 5) is 35.8. The van der Waals surface area contributed by atoms with E-state index in [1.807, 2.05) is 55.6 Å². The first-order chi connectivity index (χ1) is 21.2. The van der Waals surface area contributed by atoms with Crippen molar-refractivity contribution < 1.29 is 22.7 Å². The van der Waals surface area contributed by atoms with E-state index in [2.05, 4.69) is 4.90 Å². The molecular formula is C33H37N5O5S. The summed E-state index contributed by atoms with van der Waals surface area (Å²) < 4.78 is 34.1. The summed E-state index contributed by atoms with van der Waals surface area (Å²) in [5.41, 5.74) is 5.68. The smallest absolute Gasteiger partial charge is 0.253 e. The summed E-state index contributed by atoms with van der Waals surface area (Å²) in [6, 6.07) is 18.9. The van der Waals surface area contributed by atoms with Crippen molar-refractivity contribution in [3.63, 3.8) is 0 Å². The Morgan fingerprint density at radius 3 is 2.20 bits per heavy atom. The number of carbonyl (C=O) groups excluding carboxylic acids is 2. The van der Waals surface area contributed by atoms with Crippen LogP contribution in [0.1, 0.15) is 41.3 Å². The van der Waals surface area contributed by atoms with Gasteiger partial charge >= 0.3 is 0 Å². The fourth-order valence-corrected chi connectivity index (χ4v) is 7.85. The second-order valence-corrected chi connectivity index (χ2v) is 13.3. The molecule has 0 radical (unpaired) electrons. The van der Waals surface area contributed by atoms with Gasteiger partial charge in [-0.2, -0.15) is 4.31 Å². The maximum Gasteiger partial charge on any atom is 0.253 e. The SMILES string of the molecule is COc1ccc(-c2ccc3c(c2)C(c2cccc(C(=O)N4CCN(C(C)=O)CC4)c2)=NCN3C)cc1S(=O)(=O)N1CCCC1. The predicted molar refractivity (Wildman–Crippen MR) is 170 cm³/mol. The second-order valence-electron chi connectivity index (χ2n) is 11.4. The molecule has 3 heterocycles. The Morgan fingerprint density at radius 2 is 1.50 bits per heavy atom. The molecule has 0 N–H and O–H groups in total.